The van der Waals surface area contributed by atoms with E-state index in [2.05, 4.69) is 12.1 Å². The van der Waals surface area contributed by atoms with Crippen molar-refractivity contribution < 1.29 is 9.47 Å². The number of allylic oxidation sites excluding steroid dienone is 2. The lowest BCUT2D eigenvalue weighted by Crippen LogP contribution is -1.93. The van der Waals surface area contributed by atoms with Crippen LogP contribution in [0.5, 0.6) is 11.5 Å². The molecule has 0 unspecified atom stereocenters. The summed E-state index contributed by atoms with van der Waals surface area (Å²) in [6.45, 7) is 0. The van der Waals surface area contributed by atoms with Crippen molar-refractivity contribution in [1.82, 2.24) is 0 Å². The molecular weight excluding hydrogens is 212 g/mol. The van der Waals surface area contributed by atoms with Gasteiger partial charge in [-0.2, -0.15) is 0 Å². The standard InChI is InChI=1S/C15H20O2/c1-16-13-9-10-15(17-2)14(11-13)12-7-5-3-4-6-8-12/h7,9-11H,3-6,8H2,1-2H3. The zero-order chi connectivity index (χ0) is 12.1. The fourth-order valence-corrected chi connectivity index (χ4v) is 2.32. The van der Waals surface area contributed by atoms with Gasteiger partial charge in [0.2, 0.25) is 0 Å². The van der Waals surface area contributed by atoms with E-state index in [0.29, 0.717) is 0 Å². The van der Waals surface area contributed by atoms with Crippen LogP contribution in [0, 0.1) is 0 Å². The highest BCUT2D eigenvalue weighted by Crippen LogP contribution is 2.34. The minimum Gasteiger partial charge on any atom is -0.497 e. The first-order valence-electron chi connectivity index (χ1n) is 6.26. The van der Waals surface area contributed by atoms with Gasteiger partial charge in [0.05, 0.1) is 14.2 Å². The molecule has 2 rings (SSSR count). The van der Waals surface area contributed by atoms with Crippen LogP contribution in [-0.4, -0.2) is 14.2 Å². The summed E-state index contributed by atoms with van der Waals surface area (Å²) in [4.78, 5) is 0. The van der Waals surface area contributed by atoms with Crippen LogP contribution in [-0.2, 0) is 0 Å². The average Bonchev–Trinajstić information content (AvgIpc) is 2.66. The van der Waals surface area contributed by atoms with E-state index in [1.807, 2.05) is 12.1 Å². The van der Waals surface area contributed by atoms with Gasteiger partial charge in [0.15, 0.2) is 0 Å². The van der Waals surface area contributed by atoms with Gasteiger partial charge in [-0.05, 0) is 49.5 Å². The molecule has 92 valence electrons. The van der Waals surface area contributed by atoms with E-state index in [1.54, 1.807) is 14.2 Å². The van der Waals surface area contributed by atoms with Crippen molar-refractivity contribution in [3.8, 4) is 11.5 Å². The van der Waals surface area contributed by atoms with Crippen molar-refractivity contribution in [1.29, 1.82) is 0 Å². The van der Waals surface area contributed by atoms with E-state index in [9.17, 15) is 0 Å². The first-order valence-corrected chi connectivity index (χ1v) is 6.26. The summed E-state index contributed by atoms with van der Waals surface area (Å²) in [5.41, 5.74) is 2.59. The van der Waals surface area contributed by atoms with Crippen molar-refractivity contribution in [3.05, 3.63) is 29.8 Å². The van der Waals surface area contributed by atoms with Gasteiger partial charge < -0.3 is 9.47 Å². The Morgan fingerprint density at radius 2 is 1.88 bits per heavy atom. The minimum atomic E-state index is 0.894. The molecule has 2 nitrogen and oxygen atoms in total. The Balaban J connectivity index is 2.36. The van der Waals surface area contributed by atoms with Gasteiger partial charge in [0, 0.05) is 5.56 Å². The van der Waals surface area contributed by atoms with Gasteiger partial charge in [0.1, 0.15) is 11.5 Å². The normalized spacial score (nSPS) is 16.0. The smallest absolute Gasteiger partial charge is 0.126 e. The molecule has 0 aliphatic heterocycles. The zero-order valence-electron chi connectivity index (χ0n) is 10.7. The van der Waals surface area contributed by atoms with Gasteiger partial charge >= 0.3 is 0 Å². The third kappa shape index (κ3) is 2.82. The van der Waals surface area contributed by atoms with E-state index in [-0.39, 0.29) is 0 Å². The molecule has 1 aromatic rings. The van der Waals surface area contributed by atoms with Crippen LogP contribution >= 0.6 is 0 Å². The van der Waals surface area contributed by atoms with Gasteiger partial charge in [0.25, 0.3) is 0 Å². The zero-order valence-corrected chi connectivity index (χ0v) is 10.7. The summed E-state index contributed by atoms with van der Waals surface area (Å²) in [7, 11) is 3.43. The van der Waals surface area contributed by atoms with Crippen LogP contribution in [0.25, 0.3) is 5.57 Å². The van der Waals surface area contributed by atoms with Gasteiger partial charge in [-0.25, -0.2) is 0 Å². The Hall–Kier alpha value is -1.44. The van der Waals surface area contributed by atoms with Gasteiger partial charge in [-0.15, -0.1) is 0 Å². The second kappa shape index (κ2) is 5.76. The highest BCUT2D eigenvalue weighted by Gasteiger charge is 2.11. The van der Waals surface area contributed by atoms with Crippen molar-refractivity contribution in [3.63, 3.8) is 0 Å². The molecule has 0 fully saturated rings. The Labute approximate surface area is 103 Å². The second-order valence-electron chi connectivity index (χ2n) is 4.39. The fraction of sp³-hybridized carbons (Fsp3) is 0.467. The molecule has 0 bridgehead atoms. The van der Waals surface area contributed by atoms with Crippen molar-refractivity contribution in [2.24, 2.45) is 0 Å². The molecule has 1 aromatic carbocycles. The largest absolute Gasteiger partial charge is 0.497 e. The third-order valence-electron chi connectivity index (χ3n) is 3.29. The Bertz CT molecular complexity index is 407. The summed E-state index contributed by atoms with van der Waals surface area (Å²) in [5.74, 6) is 1.84. The molecule has 1 aliphatic rings. The SMILES string of the molecule is COc1ccc(OC)c(C2=CCCCCC2)c1. The molecule has 0 heterocycles. The average molecular weight is 232 g/mol. The predicted molar refractivity (Wildman–Crippen MR) is 70.6 cm³/mol. The first-order chi connectivity index (χ1) is 8.35. The molecule has 0 N–H and O–H groups in total. The highest BCUT2D eigenvalue weighted by atomic mass is 16.5. The molecule has 0 saturated heterocycles. The maximum atomic E-state index is 5.44. The van der Waals surface area contributed by atoms with Crippen molar-refractivity contribution in [2.75, 3.05) is 14.2 Å². The van der Waals surface area contributed by atoms with Crippen molar-refractivity contribution in [2.45, 2.75) is 32.1 Å². The topological polar surface area (TPSA) is 18.5 Å². The Morgan fingerprint density at radius 3 is 2.65 bits per heavy atom. The van der Waals surface area contributed by atoms with Crippen LogP contribution < -0.4 is 9.47 Å². The lowest BCUT2D eigenvalue weighted by molar-refractivity contribution is 0.402. The summed E-state index contributed by atoms with van der Waals surface area (Å²) >= 11 is 0. The van der Waals surface area contributed by atoms with E-state index in [1.165, 1.54) is 36.8 Å². The quantitative estimate of drug-likeness (QED) is 0.782. The van der Waals surface area contributed by atoms with E-state index in [0.717, 1.165) is 17.9 Å². The van der Waals surface area contributed by atoms with E-state index in [4.69, 9.17) is 9.47 Å². The minimum absolute atomic E-state index is 0.894. The fourth-order valence-electron chi connectivity index (χ4n) is 2.32. The Morgan fingerprint density at radius 1 is 1.00 bits per heavy atom. The molecule has 0 aromatic heterocycles. The predicted octanol–water partition coefficient (Wildman–Crippen LogP) is 4.05. The van der Waals surface area contributed by atoms with Crippen LogP contribution in [0.4, 0.5) is 0 Å². The van der Waals surface area contributed by atoms with Gasteiger partial charge in [-0.1, -0.05) is 12.5 Å². The molecule has 0 saturated carbocycles. The monoisotopic (exact) mass is 232 g/mol. The second-order valence-corrected chi connectivity index (χ2v) is 4.39. The molecule has 0 spiro atoms. The molecule has 2 heteroatoms. The van der Waals surface area contributed by atoms with E-state index < -0.39 is 0 Å². The molecule has 0 amide bonds. The number of benzene rings is 1. The Kier molecular flexibility index (Phi) is 4.08. The van der Waals surface area contributed by atoms with E-state index >= 15 is 0 Å². The summed E-state index contributed by atoms with van der Waals surface area (Å²) in [6.07, 6.45) is 8.57. The maximum absolute atomic E-state index is 5.44. The number of ether oxygens (including phenoxy) is 2. The van der Waals surface area contributed by atoms with Gasteiger partial charge in [-0.3, -0.25) is 0 Å². The van der Waals surface area contributed by atoms with Crippen molar-refractivity contribution >= 4 is 5.57 Å². The molecule has 0 atom stereocenters. The molecule has 0 radical (unpaired) electrons. The highest BCUT2D eigenvalue weighted by molar-refractivity contribution is 5.72. The molecule has 1 aliphatic carbocycles. The summed E-state index contributed by atoms with van der Waals surface area (Å²) in [5, 5.41) is 0. The van der Waals surface area contributed by atoms with Crippen LogP contribution in [0.3, 0.4) is 0 Å². The molecular formula is C15H20O2. The van der Waals surface area contributed by atoms with Crippen LogP contribution in [0.15, 0.2) is 24.3 Å². The lowest BCUT2D eigenvalue weighted by Gasteiger charge is -2.12. The first kappa shape index (κ1) is 12.0. The summed E-state index contributed by atoms with van der Waals surface area (Å²) < 4.78 is 10.7. The number of hydrogen-bond acceptors (Lipinski definition) is 2. The third-order valence-corrected chi connectivity index (χ3v) is 3.29. The summed E-state index contributed by atoms with van der Waals surface area (Å²) in [6, 6.07) is 6.01. The maximum Gasteiger partial charge on any atom is 0.126 e. The number of rotatable bonds is 3. The molecule has 17 heavy (non-hydrogen) atoms. The lowest BCUT2D eigenvalue weighted by atomic mass is 10.00. The number of methoxy groups -OCH3 is 2. The number of hydrogen-bond donors (Lipinski definition) is 0. The van der Waals surface area contributed by atoms with Crippen LogP contribution in [0.1, 0.15) is 37.7 Å². The van der Waals surface area contributed by atoms with Crippen LogP contribution in [0.2, 0.25) is 0 Å².